The molecule has 0 amide bonds. The first-order valence-electron chi connectivity index (χ1n) is 6.28. The molecule has 6 heteroatoms. The van der Waals surface area contributed by atoms with Gasteiger partial charge in [-0.2, -0.15) is 0 Å². The summed E-state index contributed by atoms with van der Waals surface area (Å²) in [6, 6.07) is 0.252. The number of hydrogen-bond acceptors (Lipinski definition) is 5. The second kappa shape index (κ2) is 6.06. The summed E-state index contributed by atoms with van der Waals surface area (Å²) in [5.74, 6) is 1.11. The quantitative estimate of drug-likeness (QED) is 0.867. The number of hydrogen-bond donors (Lipinski definition) is 1. The number of rotatable bonds is 6. The summed E-state index contributed by atoms with van der Waals surface area (Å²) in [4.78, 5) is 5.65. The third-order valence-electron chi connectivity index (χ3n) is 2.98. The van der Waals surface area contributed by atoms with Crippen LogP contribution in [0.4, 0.5) is 0 Å². The Morgan fingerprint density at radius 3 is 2.89 bits per heavy atom. The number of nitrogens with zero attached hydrogens (tertiary/aromatic N) is 4. The fraction of sp³-hybridized carbons (Fsp3) is 0.583. The summed E-state index contributed by atoms with van der Waals surface area (Å²) in [5.41, 5.74) is 1.01. The molecule has 0 saturated carbocycles. The van der Waals surface area contributed by atoms with Gasteiger partial charge in [-0.15, -0.1) is 5.10 Å². The molecule has 1 atom stereocenters. The minimum Gasteiger partial charge on any atom is -0.335 e. The molecule has 1 unspecified atom stereocenters. The fourth-order valence-electron chi connectivity index (χ4n) is 2.06. The highest BCUT2D eigenvalue weighted by Gasteiger charge is 2.18. The van der Waals surface area contributed by atoms with Gasteiger partial charge in [0.25, 0.3) is 0 Å². The molecule has 2 aromatic heterocycles. The van der Waals surface area contributed by atoms with Gasteiger partial charge in [0, 0.05) is 25.4 Å². The Morgan fingerprint density at radius 1 is 1.44 bits per heavy atom. The van der Waals surface area contributed by atoms with Gasteiger partial charge in [0.05, 0.1) is 16.6 Å². The van der Waals surface area contributed by atoms with Crippen molar-refractivity contribution in [2.45, 2.75) is 39.8 Å². The minimum atomic E-state index is 0.252. The van der Waals surface area contributed by atoms with Crippen molar-refractivity contribution >= 4 is 11.5 Å². The highest BCUT2D eigenvalue weighted by molar-refractivity contribution is 7.05. The predicted molar refractivity (Wildman–Crippen MR) is 72.7 cm³/mol. The molecule has 0 aliphatic carbocycles. The van der Waals surface area contributed by atoms with E-state index in [0.717, 1.165) is 31.0 Å². The average Bonchev–Trinajstić information content (AvgIpc) is 2.97. The molecule has 2 rings (SSSR count). The number of aromatic nitrogens is 4. The topological polar surface area (TPSA) is 55.6 Å². The molecule has 0 aliphatic heterocycles. The van der Waals surface area contributed by atoms with Crippen LogP contribution in [0.1, 0.15) is 36.3 Å². The molecule has 0 radical (unpaired) electrons. The number of imidazole rings is 1. The molecule has 18 heavy (non-hydrogen) atoms. The van der Waals surface area contributed by atoms with Crippen molar-refractivity contribution in [3.8, 4) is 0 Å². The van der Waals surface area contributed by atoms with Gasteiger partial charge in [-0.05, 0) is 31.9 Å². The van der Waals surface area contributed by atoms with Gasteiger partial charge in [0.2, 0.25) is 0 Å². The average molecular weight is 265 g/mol. The van der Waals surface area contributed by atoms with Crippen LogP contribution in [0.3, 0.4) is 0 Å². The van der Waals surface area contributed by atoms with Crippen LogP contribution in [0.5, 0.6) is 0 Å². The fourth-order valence-corrected chi connectivity index (χ4v) is 2.78. The highest BCUT2D eigenvalue weighted by Crippen LogP contribution is 2.23. The molecule has 0 fully saturated rings. The van der Waals surface area contributed by atoms with Gasteiger partial charge in [0.15, 0.2) is 0 Å². The Bertz CT molecular complexity index is 490. The van der Waals surface area contributed by atoms with E-state index in [1.165, 1.54) is 16.4 Å². The molecule has 0 bridgehead atoms. The zero-order chi connectivity index (χ0) is 13.0. The highest BCUT2D eigenvalue weighted by atomic mass is 32.1. The molecular weight excluding hydrogens is 246 g/mol. The molecule has 2 aromatic rings. The van der Waals surface area contributed by atoms with Crippen LogP contribution in [-0.4, -0.2) is 25.7 Å². The Hall–Kier alpha value is -1.27. The van der Waals surface area contributed by atoms with Crippen molar-refractivity contribution < 1.29 is 0 Å². The Labute approximate surface area is 111 Å². The van der Waals surface area contributed by atoms with E-state index in [0.29, 0.717) is 0 Å². The first kappa shape index (κ1) is 13.2. The van der Waals surface area contributed by atoms with Crippen LogP contribution in [0, 0.1) is 6.92 Å². The maximum Gasteiger partial charge on any atom is 0.110 e. The van der Waals surface area contributed by atoms with E-state index in [4.69, 9.17) is 0 Å². The van der Waals surface area contributed by atoms with Crippen LogP contribution in [-0.2, 0) is 13.0 Å². The lowest BCUT2D eigenvalue weighted by Gasteiger charge is -2.16. The van der Waals surface area contributed by atoms with Crippen molar-refractivity contribution in [3.63, 3.8) is 0 Å². The van der Waals surface area contributed by atoms with Crippen LogP contribution < -0.4 is 5.32 Å². The van der Waals surface area contributed by atoms with Gasteiger partial charge in [-0.3, -0.25) is 0 Å². The van der Waals surface area contributed by atoms with E-state index in [-0.39, 0.29) is 6.04 Å². The third-order valence-corrected chi connectivity index (χ3v) is 3.92. The maximum absolute atomic E-state index is 4.44. The van der Waals surface area contributed by atoms with Gasteiger partial charge >= 0.3 is 0 Å². The van der Waals surface area contributed by atoms with Crippen LogP contribution >= 0.6 is 11.5 Å². The van der Waals surface area contributed by atoms with Gasteiger partial charge in [0.1, 0.15) is 5.82 Å². The van der Waals surface area contributed by atoms with Gasteiger partial charge in [-0.25, -0.2) is 4.98 Å². The molecule has 98 valence electrons. The summed E-state index contributed by atoms with van der Waals surface area (Å²) < 4.78 is 6.20. The number of aryl methyl sites for hydroxylation is 2. The summed E-state index contributed by atoms with van der Waals surface area (Å²) in [6.45, 7) is 8.13. The first-order valence-corrected chi connectivity index (χ1v) is 7.05. The summed E-state index contributed by atoms with van der Waals surface area (Å²) in [7, 11) is 0. The third kappa shape index (κ3) is 2.76. The predicted octanol–water partition coefficient (Wildman–Crippen LogP) is 1.96. The minimum absolute atomic E-state index is 0.252. The monoisotopic (exact) mass is 265 g/mol. The van der Waals surface area contributed by atoms with Crippen molar-refractivity contribution in [2.75, 3.05) is 6.54 Å². The van der Waals surface area contributed by atoms with Crippen LogP contribution in [0.2, 0.25) is 0 Å². The first-order chi connectivity index (χ1) is 8.76. The van der Waals surface area contributed by atoms with E-state index in [2.05, 4.69) is 38.3 Å². The van der Waals surface area contributed by atoms with Gasteiger partial charge in [-0.1, -0.05) is 11.4 Å². The summed E-state index contributed by atoms with van der Waals surface area (Å²) in [5, 5.41) is 7.59. The van der Waals surface area contributed by atoms with Crippen molar-refractivity contribution in [2.24, 2.45) is 0 Å². The zero-order valence-corrected chi connectivity index (χ0v) is 11.9. The van der Waals surface area contributed by atoms with Crippen molar-refractivity contribution in [1.82, 2.24) is 24.5 Å². The molecular formula is C12H19N5S. The van der Waals surface area contributed by atoms with E-state index in [9.17, 15) is 0 Å². The standard InChI is InChI=1S/C12H19N5S/c1-4-13-10(12-9(3)15-16-18-12)8-11-14-6-7-17(11)5-2/h6-7,10,13H,4-5,8H2,1-3H3. The second-order valence-electron chi connectivity index (χ2n) is 4.17. The number of nitrogens with one attached hydrogen (secondary N) is 1. The Balaban J connectivity index is 2.19. The van der Waals surface area contributed by atoms with E-state index < -0.39 is 0 Å². The zero-order valence-electron chi connectivity index (χ0n) is 11.1. The van der Waals surface area contributed by atoms with Crippen molar-refractivity contribution in [1.29, 1.82) is 0 Å². The Kier molecular flexibility index (Phi) is 4.43. The summed E-state index contributed by atoms with van der Waals surface area (Å²) in [6.07, 6.45) is 4.76. The smallest absolute Gasteiger partial charge is 0.110 e. The van der Waals surface area contributed by atoms with E-state index in [1.54, 1.807) is 0 Å². The maximum atomic E-state index is 4.44. The van der Waals surface area contributed by atoms with E-state index in [1.807, 2.05) is 19.3 Å². The lowest BCUT2D eigenvalue weighted by Crippen LogP contribution is -2.24. The molecule has 0 saturated heterocycles. The molecule has 0 aromatic carbocycles. The van der Waals surface area contributed by atoms with Gasteiger partial charge < -0.3 is 9.88 Å². The van der Waals surface area contributed by atoms with Crippen molar-refractivity contribution in [3.05, 3.63) is 28.8 Å². The lowest BCUT2D eigenvalue weighted by molar-refractivity contribution is 0.526. The molecule has 2 heterocycles. The second-order valence-corrected chi connectivity index (χ2v) is 4.95. The summed E-state index contributed by atoms with van der Waals surface area (Å²) >= 11 is 1.47. The largest absolute Gasteiger partial charge is 0.335 e. The van der Waals surface area contributed by atoms with Crippen LogP contribution in [0.25, 0.3) is 0 Å². The lowest BCUT2D eigenvalue weighted by atomic mass is 10.1. The Morgan fingerprint density at radius 2 is 2.28 bits per heavy atom. The molecule has 0 spiro atoms. The normalized spacial score (nSPS) is 12.8. The SMILES string of the molecule is CCNC(Cc1nccn1CC)c1snnc1C. The van der Waals surface area contributed by atoms with Crippen LogP contribution in [0.15, 0.2) is 12.4 Å². The molecule has 5 nitrogen and oxygen atoms in total. The molecule has 0 aliphatic rings. The van der Waals surface area contributed by atoms with E-state index >= 15 is 0 Å². The molecule has 1 N–H and O–H groups in total. The number of likely N-dealkylation sites (N-methyl/N-ethyl adjacent to an activating group) is 1.